The lowest BCUT2D eigenvalue weighted by Crippen LogP contribution is -2.34. The van der Waals surface area contributed by atoms with Crippen molar-refractivity contribution >= 4 is 5.69 Å². The number of likely N-dealkylation sites (N-methyl/N-ethyl adjacent to an activating group) is 1. The molecular formula is C17H20N2O3. The Morgan fingerprint density at radius 3 is 2.14 bits per heavy atom. The van der Waals surface area contributed by atoms with Gasteiger partial charge < -0.3 is 9.64 Å². The third kappa shape index (κ3) is 3.83. The second-order valence-electron chi connectivity index (χ2n) is 5.40. The molecule has 2 aromatic rings. The van der Waals surface area contributed by atoms with Crippen LogP contribution in [0.4, 0.5) is 5.69 Å². The maximum atomic E-state index is 10.7. The third-order valence-electron chi connectivity index (χ3n) is 3.69. The van der Waals surface area contributed by atoms with E-state index >= 15 is 0 Å². The molecule has 0 spiro atoms. The van der Waals surface area contributed by atoms with Crippen molar-refractivity contribution in [3.63, 3.8) is 0 Å². The van der Waals surface area contributed by atoms with Crippen molar-refractivity contribution < 1.29 is 9.66 Å². The number of nitrogens with zero attached hydrogens (tertiary/aromatic N) is 2. The van der Waals surface area contributed by atoms with Gasteiger partial charge in [-0.15, -0.1) is 0 Å². The van der Waals surface area contributed by atoms with Crippen LogP contribution < -0.4 is 4.74 Å². The smallest absolute Gasteiger partial charge is 0.269 e. The molecule has 0 aromatic heterocycles. The Balaban J connectivity index is 2.24. The first-order valence-electron chi connectivity index (χ1n) is 7.11. The van der Waals surface area contributed by atoms with E-state index in [9.17, 15) is 10.1 Å². The lowest BCUT2D eigenvalue weighted by atomic mass is 10.0. The van der Waals surface area contributed by atoms with Gasteiger partial charge in [-0.05, 0) is 38.7 Å². The van der Waals surface area contributed by atoms with E-state index in [0.717, 1.165) is 5.56 Å². The van der Waals surface area contributed by atoms with Crippen molar-refractivity contribution in [2.24, 2.45) is 0 Å². The number of benzene rings is 2. The minimum Gasteiger partial charge on any atom is -0.484 e. The van der Waals surface area contributed by atoms with Crippen LogP contribution in [0.5, 0.6) is 5.75 Å². The van der Waals surface area contributed by atoms with Crippen molar-refractivity contribution in [2.75, 3.05) is 14.1 Å². The van der Waals surface area contributed by atoms with Crippen LogP contribution in [0, 0.1) is 10.1 Å². The van der Waals surface area contributed by atoms with Gasteiger partial charge >= 0.3 is 0 Å². The summed E-state index contributed by atoms with van der Waals surface area (Å²) in [5.41, 5.74) is 1.13. The number of nitro groups is 1. The Morgan fingerprint density at radius 2 is 1.64 bits per heavy atom. The molecule has 2 atom stereocenters. The number of hydrogen-bond acceptors (Lipinski definition) is 4. The number of hydrogen-bond donors (Lipinski definition) is 0. The van der Waals surface area contributed by atoms with Gasteiger partial charge in [-0.1, -0.05) is 30.3 Å². The lowest BCUT2D eigenvalue weighted by Gasteiger charge is -2.30. The molecule has 5 heteroatoms. The maximum absolute atomic E-state index is 10.7. The molecule has 0 fully saturated rings. The highest BCUT2D eigenvalue weighted by atomic mass is 16.6. The van der Waals surface area contributed by atoms with Crippen molar-refractivity contribution in [3.05, 3.63) is 70.3 Å². The molecule has 2 aromatic carbocycles. The Hall–Kier alpha value is -2.40. The Bertz CT molecular complexity index is 612. The zero-order valence-electron chi connectivity index (χ0n) is 13.0. The molecule has 22 heavy (non-hydrogen) atoms. The zero-order valence-corrected chi connectivity index (χ0v) is 13.0. The highest BCUT2D eigenvalue weighted by molar-refractivity contribution is 5.36. The first kappa shape index (κ1) is 16.0. The van der Waals surface area contributed by atoms with Crippen LogP contribution in [-0.4, -0.2) is 30.0 Å². The normalized spacial score (nSPS) is 13.6. The number of nitro benzene ring substituents is 1. The van der Waals surface area contributed by atoms with Gasteiger partial charge in [0.25, 0.3) is 5.69 Å². The monoisotopic (exact) mass is 300 g/mol. The molecule has 0 saturated carbocycles. The molecule has 116 valence electrons. The van der Waals surface area contributed by atoms with Crippen LogP contribution in [-0.2, 0) is 0 Å². The molecule has 0 aliphatic rings. The zero-order chi connectivity index (χ0) is 16.1. The molecule has 0 unspecified atom stereocenters. The van der Waals surface area contributed by atoms with E-state index in [1.165, 1.54) is 12.1 Å². The van der Waals surface area contributed by atoms with Crippen LogP contribution in [0.3, 0.4) is 0 Å². The van der Waals surface area contributed by atoms with Crippen LogP contribution in [0.2, 0.25) is 0 Å². The van der Waals surface area contributed by atoms with Crippen molar-refractivity contribution in [1.82, 2.24) is 4.90 Å². The Morgan fingerprint density at radius 1 is 1.05 bits per heavy atom. The molecule has 0 bridgehead atoms. The quantitative estimate of drug-likeness (QED) is 0.603. The second kappa shape index (κ2) is 7.04. The van der Waals surface area contributed by atoms with Gasteiger partial charge in [0.05, 0.1) is 4.92 Å². The average molecular weight is 300 g/mol. The molecule has 0 amide bonds. The Kier molecular flexibility index (Phi) is 5.12. The van der Waals surface area contributed by atoms with Crippen molar-refractivity contribution in [1.29, 1.82) is 0 Å². The van der Waals surface area contributed by atoms with E-state index < -0.39 is 4.92 Å². The average Bonchev–Trinajstić information content (AvgIpc) is 2.53. The van der Waals surface area contributed by atoms with E-state index in [-0.39, 0.29) is 17.8 Å². The Labute approximate surface area is 130 Å². The highest BCUT2D eigenvalue weighted by Crippen LogP contribution is 2.28. The van der Waals surface area contributed by atoms with Gasteiger partial charge in [-0.3, -0.25) is 10.1 Å². The second-order valence-corrected chi connectivity index (χ2v) is 5.40. The van der Waals surface area contributed by atoms with E-state index in [0.29, 0.717) is 5.75 Å². The van der Waals surface area contributed by atoms with Crippen molar-refractivity contribution in [2.45, 2.75) is 19.1 Å². The van der Waals surface area contributed by atoms with Crippen LogP contribution in [0.1, 0.15) is 18.6 Å². The molecule has 0 radical (unpaired) electrons. The summed E-state index contributed by atoms with van der Waals surface area (Å²) in [6.45, 7) is 2.09. The first-order valence-corrected chi connectivity index (χ1v) is 7.11. The highest BCUT2D eigenvalue weighted by Gasteiger charge is 2.23. The van der Waals surface area contributed by atoms with Gasteiger partial charge in [-0.2, -0.15) is 0 Å². The summed E-state index contributed by atoms with van der Waals surface area (Å²) in [4.78, 5) is 12.4. The summed E-state index contributed by atoms with van der Waals surface area (Å²) in [5.74, 6) is 0.619. The summed E-state index contributed by atoms with van der Waals surface area (Å²) < 4.78 is 6.09. The number of ether oxygens (including phenoxy) is 1. The number of non-ortho nitro benzene ring substituents is 1. The molecule has 0 N–H and O–H groups in total. The van der Waals surface area contributed by atoms with E-state index in [4.69, 9.17) is 4.74 Å². The standard InChI is InChI=1S/C17H20N2O3/c1-13(18(2)3)17(14-7-5-4-6-8-14)22-16-11-9-15(10-12-16)19(20)21/h4-13,17H,1-3H3/t13-,17-/m1/s1. The summed E-state index contributed by atoms with van der Waals surface area (Å²) in [7, 11) is 4.00. The fourth-order valence-corrected chi connectivity index (χ4v) is 2.15. The summed E-state index contributed by atoms with van der Waals surface area (Å²) >= 11 is 0. The summed E-state index contributed by atoms with van der Waals surface area (Å²) in [5, 5.41) is 10.7. The summed E-state index contributed by atoms with van der Waals surface area (Å²) in [6, 6.07) is 16.3. The predicted molar refractivity (Wildman–Crippen MR) is 86.1 cm³/mol. The maximum Gasteiger partial charge on any atom is 0.269 e. The molecule has 0 heterocycles. The minimum atomic E-state index is -0.416. The van der Waals surface area contributed by atoms with Crippen LogP contribution >= 0.6 is 0 Å². The third-order valence-corrected chi connectivity index (χ3v) is 3.69. The molecule has 0 saturated heterocycles. The van der Waals surface area contributed by atoms with Gasteiger partial charge in [0.15, 0.2) is 0 Å². The van der Waals surface area contributed by atoms with Crippen LogP contribution in [0.25, 0.3) is 0 Å². The fraction of sp³-hybridized carbons (Fsp3) is 0.294. The largest absolute Gasteiger partial charge is 0.484 e. The topological polar surface area (TPSA) is 55.6 Å². The SMILES string of the molecule is C[C@H]([C@@H](Oc1ccc([N+](=O)[O-])cc1)c1ccccc1)N(C)C. The molecule has 2 rings (SSSR count). The van der Waals surface area contributed by atoms with E-state index in [1.54, 1.807) is 12.1 Å². The van der Waals surface area contributed by atoms with Gasteiger partial charge in [0.2, 0.25) is 0 Å². The lowest BCUT2D eigenvalue weighted by molar-refractivity contribution is -0.384. The van der Waals surface area contributed by atoms with E-state index in [2.05, 4.69) is 11.8 Å². The minimum absolute atomic E-state index is 0.0595. The summed E-state index contributed by atoms with van der Waals surface area (Å²) in [6.07, 6.45) is -0.155. The fourth-order valence-electron chi connectivity index (χ4n) is 2.15. The van der Waals surface area contributed by atoms with Gasteiger partial charge in [-0.25, -0.2) is 0 Å². The molecule has 0 aliphatic heterocycles. The molecule has 0 aliphatic carbocycles. The van der Waals surface area contributed by atoms with Crippen molar-refractivity contribution in [3.8, 4) is 5.75 Å². The van der Waals surface area contributed by atoms with Gasteiger partial charge in [0, 0.05) is 18.2 Å². The van der Waals surface area contributed by atoms with Gasteiger partial charge in [0.1, 0.15) is 11.9 Å². The predicted octanol–water partition coefficient (Wildman–Crippen LogP) is 3.67. The van der Waals surface area contributed by atoms with E-state index in [1.807, 2.05) is 44.4 Å². The number of rotatable bonds is 6. The first-order chi connectivity index (χ1) is 10.5. The van der Waals surface area contributed by atoms with Crippen LogP contribution in [0.15, 0.2) is 54.6 Å². The molecular weight excluding hydrogens is 280 g/mol. The molecule has 5 nitrogen and oxygen atoms in total.